The fourth-order valence-electron chi connectivity index (χ4n) is 2.76. The maximum absolute atomic E-state index is 13.5. The number of rotatable bonds is 1. The van der Waals surface area contributed by atoms with Gasteiger partial charge >= 0.3 is 0 Å². The monoisotopic (exact) mass is 308 g/mol. The van der Waals surface area contributed by atoms with Crippen molar-refractivity contribution in [2.45, 2.75) is 0 Å². The van der Waals surface area contributed by atoms with Crippen molar-refractivity contribution in [3.63, 3.8) is 0 Å². The lowest BCUT2D eigenvalue weighted by molar-refractivity contribution is 0.509. The molecule has 1 aromatic heterocycles. The van der Waals surface area contributed by atoms with Crippen LogP contribution >= 0.6 is 0 Å². The molecular weight excluding hydrogens is 298 g/mol. The number of hydrogen-bond donors (Lipinski definition) is 0. The summed E-state index contributed by atoms with van der Waals surface area (Å²) < 4.78 is 32.1. The Morgan fingerprint density at radius 1 is 0.870 bits per heavy atom. The minimum Gasteiger partial charge on any atom is -0.463 e. The third-order valence-corrected chi connectivity index (χ3v) is 3.90. The lowest BCUT2D eigenvalue weighted by atomic mass is 10.0. The molecule has 0 unspecified atom stereocenters. The Bertz CT molecular complexity index is 1110. The van der Waals surface area contributed by atoms with Gasteiger partial charge in [-0.15, -0.1) is 0 Å². The summed E-state index contributed by atoms with van der Waals surface area (Å²) in [7, 11) is 0. The van der Waals surface area contributed by atoms with Crippen molar-refractivity contribution in [2.24, 2.45) is 0 Å². The zero-order chi connectivity index (χ0) is 16.0. The summed E-state index contributed by atoms with van der Waals surface area (Å²) in [6, 6.07) is 14.4. The van der Waals surface area contributed by atoms with Gasteiger partial charge in [0.2, 0.25) is 5.43 Å². The summed E-state index contributed by atoms with van der Waals surface area (Å²) in [6.07, 6.45) is 1.28. The second-order valence-corrected chi connectivity index (χ2v) is 5.27. The van der Waals surface area contributed by atoms with Crippen LogP contribution < -0.4 is 5.43 Å². The van der Waals surface area contributed by atoms with Gasteiger partial charge in [0.25, 0.3) is 0 Å². The van der Waals surface area contributed by atoms with E-state index in [1.54, 1.807) is 6.07 Å². The van der Waals surface area contributed by atoms with Gasteiger partial charge in [0, 0.05) is 0 Å². The lowest BCUT2D eigenvalue weighted by Crippen LogP contribution is -2.05. The number of hydrogen-bond acceptors (Lipinski definition) is 2. The predicted molar refractivity (Wildman–Crippen MR) is 85.3 cm³/mol. The van der Waals surface area contributed by atoms with Crippen LogP contribution in [-0.4, -0.2) is 0 Å². The van der Waals surface area contributed by atoms with Crippen LogP contribution in [0.3, 0.4) is 0 Å². The summed E-state index contributed by atoms with van der Waals surface area (Å²) >= 11 is 0. The molecule has 23 heavy (non-hydrogen) atoms. The highest BCUT2D eigenvalue weighted by molar-refractivity contribution is 6.06. The second kappa shape index (κ2) is 5.02. The molecular formula is C19H10F2O2. The SMILES string of the molecule is O=c1c(-c2ccc(F)c(F)c2)coc2ccc3ccccc3c12. The Morgan fingerprint density at radius 2 is 1.70 bits per heavy atom. The number of halogens is 2. The van der Waals surface area contributed by atoms with E-state index in [9.17, 15) is 13.6 Å². The number of fused-ring (bicyclic) bond motifs is 3. The van der Waals surface area contributed by atoms with E-state index in [2.05, 4.69) is 0 Å². The van der Waals surface area contributed by atoms with E-state index >= 15 is 0 Å². The molecule has 0 spiro atoms. The molecule has 4 heteroatoms. The zero-order valence-electron chi connectivity index (χ0n) is 11.8. The number of benzene rings is 3. The van der Waals surface area contributed by atoms with E-state index in [1.165, 1.54) is 12.3 Å². The van der Waals surface area contributed by atoms with Gasteiger partial charge in [0.05, 0.1) is 10.9 Å². The molecule has 0 atom stereocenters. The van der Waals surface area contributed by atoms with Crippen molar-refractivity contribution in [1.82, 2.24) is 0 Å². The van der Waals surface area contributed by atoms with E-state index in [-0.39, 0.29) is 16.6 Å². The Kier molecular flexibility index (Phi) is 2.98. The van der Waals surface area contributed by atoms with Gasteiger partial charge in [-0.25, -0.2) is 8.78 Å². The van der Waals surface area contributed by atoms with Crippen LogP contribution in [0, 0.1) is 11.6 Å². The molecule has 4 aromatic rings. The Balaban J connectivity index is 2.09. The Labute approximate surface area is 129 Å². The van der Waals surface area contributed by atoms with Gasteiger partial charge in [-0.2, -0.15) is 0 Å². The predicted octanol–water partition coefficient (Wildman–Crippen LogP) is 4.89. The smallest absolute Gasteiger partial charge is 0.201 e. The molecule has 0 saturated heterocycles. The average Bonchev–Trinajstić information content (AvgIpc) is 2.57. The van der Waals surface area contributed by atoms with Crippen molar-refractivity contribution in [2.75, 3.05) is 0 Å². The molecule has 2 nitrogen and oxygen atoms in total. The molecule has 3 aromatic carbocycles. The van der Waals surface area contributed by atoms with Crippen LogP contribution in [0.2, 0.25) is 0 Å². The van der Waals surface area contributed by atoms with Crippen LogP contribution in [0.4, 0.5) is 8.78 Å². The minimum absolute atomic E-state index is 0.202. The molecule has 0 bridgehead atoms. The fourth-order valence-corrected chi connectivity index (χ4v) is 2.76. The molecule has 4 rings (SSSR count). The highest BCUT2D eigenvalue weighted by Gasteiger charge is 2.13. The second-order valence-electron chi connectivity index (χ2n) is 5.27. The third kappa shape index (κ3) is 2.11. The summed E-state index contributed by atoms with van der Waals surface area (Å²) in [6.45, 7) is 0. The standard InChI is InChI=1S/C19H10F2O2/c20-15-7-5-12(9-16(15)21)14-10-23-17-8-6-11-3-1-2-4-13(11)18(17)19(14)22/h1-10H. The van der Waals surface area contributed by atoms with Gasteiger partial charge in [-0.3, -0.25) is 4.79 Å². The van der Waals surface area contributed by atoms with E-state index in [1.807, 2.05) is 30.3 Å². The topological polar surface area (TPSA) is 30.2 Å². The largest absolute Gasteiger partial charge is 0.463 e. The lowest BCUT2D eigenvalue weighted by Gasteiger charge is -2.06. The third-order valence-electron chi connectivity index (χ3n) is 3.90. The van der Waals surface area contributed by atoms with Gasteiger partial charge in [-0.05, 0) is 34.5 Å². The Hall–Kier alpha value is -3.01. The van der Waals surface area contributed by atoms with E-state index in [4.69, 9.17) is 4.42 Å². The highest BCUT2D eigenvalue weighted by Crippen LogP contribution is 2.26. The molecule has 0 saturated carbocycles. The first-order valence-corrected chi connectivity index (χ1v) is 7.04. The molecule has 0 amide bonds. The highest BCUT2D eigenvalue weighted by atomic mass is 19.2. The maximum Gasteiger partial charge on any atom is 0.201 e. The molecule has 0 fully saturated rings. The first-order chi connectivity index (χ1) is 11.1. The van der Waals surface area contributed by atoms with E-state index < -0.39 is 11.6 Å². The van der Waals surface area contributed by atoms with Gasteiger partial charge in [0.15, 0.2) is 11.6 Å². The van der Waals surface area contributed by atoms with Crippen molar-refractivity contribution in [3.8, 4) is 11.1 Å². The zero-order valence-corrected chi connectivity index (χ0v) is 11.8. The fraction of sp³-hybridized carbons (Fsp3) is 0. The van der Waals surface area contributed by atoms with Crippen molar-refractivity contribution < 1.29 is 13.2 Å². The van der Waals surface area contributed by atoms with Crippen LogP contribution in [0.1, 0.15) is 0 Å². The van der Waals surface area contributed by atoms with Gasteiger partial charge in [-0.1, -0.05) is 36.4 Å². The normalized spacial score (nSPS) is 11.2. The van der Waals surface area contributed by atoms with E-state index in [0.717, 1.165) is 22.9 Å². The summed E-state index contributed by atoms with van der Waals surface area (Å²) in [5.41, 5.74) is 0.675. The molecule has 0 radical (unpaired) electrons. The quantitative estimate of drug-likeness (QED) is 0.469. The molecule has 1 heterocycles. The van der Waals surface area contributed by atoms with Crippen LogP contribution in [-0.2, 0) is 0 Å². The maximum atomic E-state index is 13.5. The van der Waals surface area contributed by atoms with Crippen molar-refractivity contribution in [3.05, 3.63) is 82.7 Å². The molecule has 0 N–H and O–H groups in total. The molecule has 0 aliphatic rings. The first kappa shape index (κ1) is 13.6. The summed E-state index contributed by atoms with van der Waals surface area (Å²) in [4.78, 5) is 12.9. The van der Waals surface area contributed by atoms with E-state index in [0.29, 0.717) is 11.0 Å². The van der Waals surface area contributed by atoms with Crippen molar-refractivity contribution in [1.29, 1.82) is 0 Å². The van der Waals surface area contributed by atoms with Crippen LogP contribution in [0.15, 0.2) is 70.1 Å². The van der Waals surface area contributed by atoms with Crippen molar-refractivity contribution >= 4 is 21.7 Å². The van der Waals surface area contributed by atoms with Gasteiger partial charge < -0.3 is 4.42 Å². The minimum atomic E-state index is -1.00. The average molecular weight is 308 g/mol. The van der Waals surface area contributed by atoms with Gasteiger partial charge in [0.1, 0.15) is 11.8 Å². The summed E-state index contributed by atoms with van der Waals surface area (Å²) in [5.74, 6) is -1.95. The Morgan fingerprint density at radius 3 is 2.52 bits per heavy atom. The molecule has 112 valence electrons. The molecule has 0 aliphatic heterocycles. The summed E-state index contributed by atoms with van der Waals surface area (Å²) in [5, 5.41) is 2.11. The van der Waals surface area contributed by atoms with Crippen LogP contribution in [0.5, 0.6) is 0 Å². The first-order valence-electron chi connectivity index (χ1n) is 7.04. The van der Waals surface area contributed by atoms with Crippen LogP contribution in [0.25, 0.3) is 32.9 Å². The molecule has 0 aliphatic carbocycles.